The SMILES string of the molecule is CCc1cccc(-n2cnnc2)c1. The van der Waals surface area contributed by atoms with Gasteiger partial charge in [-0.2, -0.15) is 0 Å². The zero-order valence-electron chi connectivity index (χ0n) is 7.51. The van der Waals surface area contributed by atoms with E-state index in [9.17, 15) is 0 Å². The molecule has 0 unspecified atom stereocenters. The lowest BCUT2D eigenvalue weighted by Gasteiger charge is -2.02. The van der Waals surface area contributed by atoms with Crippen molar-refractivity contribution in [1.82, 2.24) is 14.8 Å². The van der Waals surface area contributed by atoms with E-state index in [4.69, 9.17) is 0 Å². The fraction of sp³-hybridized carbons (Fsp3) is 0.200. The van der Waals surface area contributed by atoms with Crippen molar-refractivity contribution in [3.05, 3.63) is 42.5 Å². The molecule has 0 aliphatic carbocycles. The Kier molecular flexibility index (Phi) is 2.08. The van der Waals surface area contributed by atoms with Crippen molar-refractivity contribution in [3.8, 4) is 5.69 Å². The molecule has 2 rings (SSSR count). The summed E-state index contributed by atoms with van der Waals surface area (Å²) < 4.78 is 1.90. The first-order valence-corrected chi connectivity index (χ1v) is 4.34. The highest BCUT2D eigenvalue weighted by Gasteiger charge is 1.95. The maximum absolute atomic E-state index is 3.77. The first-order chi connectivity index (χ1) is 6.40. The first kappa shape index (κ1) is 7.98. The van der Waals surface area contributed by atoms with Crippen LogP contribution in [-0.4, -0.2) is 14.8 Å². The summed E-state index contributed by atoms with van der Waals surface area (Å²) in [6, 6.07) is 8.36. The molecular weight excluding hydrogens is 162 g/mol. The minimum Gasteiger partial charge on any atom is -0.288 e. The van der Waals surface area contributed by atoms with Crippen LogP contribution in [0.15, 0.2) is 36.9 Å². The third-order valence-electron chi connectivity index (χ3n) is 2.04. The molecule has 0 atom stereocenters. The molecule has 2 aromatic rings. The number of rotatable bonds is 2. The van der Waals surface area contributed by atoms with Gasteiger partial charge < -0.3 is 0 Å². The molecule has 1 aromatic heterocycles. The lowest BCUT2D eigenvalue weighted by Crippen LogP contribution is -1.91. The van der Waals surface area contributed by atoms with Gasteiger partial charge in [0.2, 0.25) is 0 Å². The molecular formula is C10H11N3. The van der Waals surface area contributed by atoms with Gasteiger partial charge in [-0.25, -0.2) is 0 Å². The third-order valence-corrected chi connectivity index (χ3v) is 2.04. The minimum absolute atomic E-state index is 1.05. The average Bonchev–Trinajstić information content (AvgIpc) is 2.71. The van der Waals surface area contributed by atoms with E-state index in [-0.39, 0.29) is 0 Å². The molecule has 3 nitrogen and oxygen atoms in total. The van der Waals surface area contributed by atoms with Gasteiger partial charge in [0.15, 0.2) is 0 Å². The van der Waals surface area contributed by atoms with Gasteiger partial charge in [0.25, 0.3) is 0 Å². The summed E-state index contributed by atoms with van der Waals surface area (Å²) in [5, 5.41) is 7.53. The Hall–Kier alpha value is -1.64. The predicted octanol–water partition coefficient (Wildman–Crippen LogP) is 1.83. The second-order valence-electron chi connectivity index (χ2n) is 2.89. The summed E-state index contributed by atoms with van der Waals surface area (Å²) in [6.45, 7) is 2.14. The first-order valence-electron chi connectivity index (χ1n) is 4.34. The van der Waals surface area contributed by atoms with Crippen LogP contribution in [0.1, 0.15) is 12.5 Å². The van der Waals surface area contributed by atoms with Crippen molar-refractivity contribution in [1.29, 1.82) is 0 Å². The van der Waals surface area contributed by atoms with Gasteiger partial charge >= 0.3 is 0 Å². The largest absolute Gasteiger partial charge is 0.288 e. The predicted molar refractivity (Wildman–Crippen MR) is 50.7 cm³/mol. The molecule has 0 radical (unpaired) electrons. The fourth-order valence-corrected chi connectivity index (χ4v) is 1.27. The standard InChI is InChI=1S/C10H11N3/c1-2-9-4-3-5-10(6-9)13-7-11-12-8-13/h3-8H,2H2,1H3. The molecule has 0 saturated carbocycles. The Morgan fingerprint density at radius 1 is 1.23 bits per heavy atom. The minimum atomic E-state index is 1.05. The second kappa shape index (κ2) is 3.39. The number of aryl methyl sites for hydroxylation is 1. The summed E-state index contributed by atoms with van der Waals surface area (Å²) in [6.07, 6.45) is 4.46. The summed E-state index contributed by atoms with van der Waals surface area (Å²) >= 11 is 0. The molecule has 0 N–H and O–H groups in total. The van der Waals surface area contributed by atoms with Crippen molar-refractivity contribution in [2.45, 2.75) is 13.3 Å². The van der Waals surface area contributed by atoms with Gasteiger partial charge in [-0.3, -0.25) is 4.57 Å². The summed E-state index contributed by atoms with van der Waals surface area (Å²) in [5.74, 6) is 0. The van der Waals surface area contributed by atoms with Crippen LogP contribution in [0, 0.1) is 0 Å². The van der Waals surface area contributed by atoms with E-state index >= 15 is 0 Å². The number of aromatic nitrogens is 3. The third kappa shape index (κ3) is 1.59. The maximum atomic E-state index is 3.77. The average molecular weight is 173 g/mol. The topological polar surface area (TPSA) is 30.7 Å². The van der Waals surface area contributed by atoms with E-state index in [2.05, 4.69) is 29.3 Å². The number of nitrogens with zero attached hydrogens (tertiary/aromatic N) is 3. The molecule has 1 aromatic carbocycles. The highest BCUT2D eigenvalue weighted by molar-refractivity contribution is 5.35. The molecule has 66 valence electrons. The van der Waals surface area contributed by atoms with Gasteiger partial charge in [-0.15, -0.1) is 10.2 Å². The quantitative estimate of drug-likeness (QED) is 0.693. The molecule has 3 heteroatoms. The summed E-state index contributed by atoms with van der Waals surface area (Å²) in [4.78, 5) is 0. The molecule has 0 aliphatic rings. The lowest BCUT2D eigenvalue weighted by molar-refractivity contribution is 1.04. The van der Waals surface area contributed by atoms with Crippen LogP contribution in [0.2, 0.25) is 0 Å². The van der Waals surface area contributed by atoms with Crippen LogP contribution in [0.25, 0.3) is 5.69 Å². The van der Waals surface area contributed by atoms with Crippen molar-refractivity contribution in [3.63, 3.8) is 0 Å². The lowest BCUT2D eigenvalue weighted by atomic mass is 10.1. The van der Waals surface area contributed by atoms with Crippen LogP contribution in [0.3, 0.4) is 0 Å². The van der Waals surface area contributed by atoms with Crippen molar-refractivity contribution < 1.29 is 0 Å². The Bertz CT molecular complexity index is 379. The molecule has 0 fully saturated rings. The van der Waals surface area contributed by atoms with Crippen molar-refractivity contribution in [2.75, 3.05) is 0 Å². The fourth-order valence-electron chi connectivity index (χ4n) is 1.27. The second-order valence-corrected chi connectivity index (χ2v) is 2.89. The Morgan fingerprint density at radius 2 is 2.00 bits per heavy atom. The number of benzene rings is 1. The van der Waals surface area contributed by atoms with E-state index in [1.165, 1.54) is 5.56 Å². The normalized spacial score (nSPS) is 10.2. The molecule has 1 heterocycles. The highest BCUT2D eigenvalue weighted by atomic mass is 15.2. The van der Waals surface area contributed by atoms with E-state index in [1.807, 2.05) is 16.7 Å². The molecule has 0 amide bonds. The van der Waals surface area contributed by atoms with E-state index in [0.717, 1.165) is 12.1 Å². The summed E-state index contributed by atoms with van der Waals surface area (Å²) in [5.41, 5.74) is 2.44. The zero-order valence-corrected chi connectivity index (χ0v) is 7.51. The van der Waals surface area contributed by atoms with Gasteiger partial charge in [0, 0.05) is 5.69 Å². The molecule has 0 aliphatic heterocycles. The number of hydrogen-bond acceptors (Lipinski definition) is 2. The van der Waals surface area contributed by atoms with Crippen LogP contribution < -0.4 is 0 Å². The molecule has 0 spiro atoms. The highest BCUT2D eigenvalue weighted by Crippen LogP contribution is 2.09. The van der Waals surface area contributed by atoms with Crippen LogP contribution >= 0.6 is 0 Å². The Labute approximate surface area is 77.0 Å². The van der Waals surface area contributed by atoms with E-state index < -0.39 is 0 Å². The van der Waals surface area contributed by atoms with E-state index in [0.29, 0.717) is 0 Å². The molecule has 0 saturated heterocycles. The molecule has 13 heavy (non-hydrogen) atoms. The van der Waals surface area contributed by atoms with Crippen LogP contribution in [0.4, 0.5) is 0 Å². The Morgan fingerprint density at radius 3 is 2.69 bits per heavy atom. The van der Waals surface area contributed by atoms with Crippen molar-refractivity contribution >= 4 is 0 Å². The van der Waals surface area contributed by atoms with Gasteiger partial charge in [0.1, 0.15) is 12.7 Å². The monoisotopic (exact) mass is 173 g/mol. The van der Waals surface area contributed by atoms with E-state index in [1.54, 1.807) is 12.7 Å². The summed E-state index contributed by atoms with van der Waals surface area (Å²) in [7, 11) is 0. The van der Waals surface area contributed by atoms with Gasteiger partial charge in [0.05, 0.1) is 0 Å². The van der Waals surface area contributed by atoms with Crippen molar-refractivity contribution in [2.24, 2.45) is 0 Å². The Balaban J connectivity index is 2.41. The van der Waals surface area contributed by atoms with Crippen LogP contribution in [0.5, 0.6) is 0 Å². The van der Waals surface area contributed by atoms with Crippen LogP contribution in [-0.2, 0) is 6.42 Å². The van der Waals surface area contributed by atoms with Gasteiger partial charge in [-0.1, -0.05) is 19.1 Å². The maximum Gasteiger partial charge on any atom is 0.123 e. The van der Waals surface area contributed by atoms with Gasteiger partial charge in [-0.05, 0) is 24.1 Å². The number of hydrogen-bond donors (Lipinski definition) is 0. The zero-order chi connectivity index (χ0) is 9.10. The smallest absolute Gasteiger partial charge is 0.123 e. The molecule has 0 bridgehead atoms.